The van der Waals surface area contributed by atoms with Crippen LogP contribution in [0.25, 0.3) is 11.5 Å². The fourth-order valence-corrected chi connectivity index (χ4v) is 3.74. The number of benzene rings is 1. The highest BCUT2D eigenvalue weighted by molar-refractivity contribution is 7.92. The van der Waals surface area contributed by atoms with Crippen molar-refractivity contribution in [2.75, 3.05) is 30.1 Å². The number of oxazole rings is 1. The molecule has 0 bridgehead atoms. The van der Waals surface area contributed by atoms with Crippen LogP contribution in [-0.2, 0) is 21.4 Å². The average Bonchev–Trinajstić information content (AvgIpc) is 3.30. The second-order valence-corrected chi connectivity index (χ2v) is 8.84. The van der Waals surface area contributed by atoms with Gasteiger partial charge in [0.05, 0.1) is 30.1 Å². The molecule has 2 aromatic rings. The quantitative estimate of drug-likeness (QED) is 0.696. The zero-order valence-electron chi connectivity index (χ0n) is 16.2. The molecule has 2 heterocycles. The van der Waals surface area contributed by atoms with Crippen molar-refractivity contribution in [3.05, 3.63) is 35.7 Å². The Morgan fingerprint density at radius 3 is 2.68 bits per heavy atom. The number of nitrogens with one attached hydrogen (secondary N) is 2. The predicted octanol–water partition coefficient (Wildman–Crippen LogP) is 2.12. The Hall–Kier alpha value is -2.39. The second-order valence-electron chi connectivity index (χ2n) is 6.83. The third-order valence-corrected chi connectivity index (χ3v) is 6.01. The first-order chi connectivity index (χ1) is 13.4. The van der Waals surface area contributed by atoms with E-state index in [1.165, 1.54) is 0 Å². The highest BCUT2D eigenvalue weighted by Crippen LogP contribution is 2.29. The number of aryl methyl sites for hydroxylation is 1. The van der Waals surface area contributed by atoms with E-state index in [0.717, 1.165) is 25.9 Å². The highest BCUT2D eigenvalue weighted by atomic mass is 32.2. The van der Waals surface area contributed by atoms with E-state index in [4.69, 9.17) is 4.42 Å². The molecule has 1 aliphatic heterocycles. The van der Waals surface area contributed by atoms with Crippen molar-refractivity contribution < 1.29 is 17.6 Å². The summed E-state index contributed by atoms with van der Waals surface area (Å²) >= 11 is 0. The van der Waals surface area contributed by atoms with Crippen LogP contribution in [0.3, 0.4) is 0 Å². The molecule has 1 fully saturated rings. The van der Waals surface area contributed by atoms with Crippen molar-refractivity contribution in [3.63, 3.8) is 0 Å². The highest BCUT2D eigenvalue weighted by Gasteiger charge is 2.19. The molecule has 9 heteroatoms. The van der Waals surface area contributed by atoms with Crippen molar-refractivity contribution in [2.24, 2.45) is 0 Å². The Bertz CT molecular complexity index is 933. The monoisotopic (exact) mass is 406 g/mol. The van der Waals surface area contributed by atoms with Crippen LogP contribution in [0.1, 0.15) is 31.2 Å². The maximum atomic E-state index is 12.1. The molecule has 1 saturated heterocycles. The molecule has 28 heavy (non-hydrogen) atoms. The van der Waals surface area contributed by atoms with Gasteiger partial charge in [-0.15, -0.1) is 0 Å². The van der Waals surface area contributed by atoms with E-state index in [1.807, 2.05) is 0 Å². The van der Waals surface area contributed by atoms with E-state index in [9.17, 15) is 13.2 Å². The summed E-state index contributed by atoms with van der Waals surface area (Å²) in [6.45, 7) is 5.94. The van der Waals surface area contributed by atoms with Gasteiger partial charge in [-0.1, -0.05) is 12.1 Å². The third-order valence-electron chi connectivity index (χ3n) is 4.71. The van der Waals surface area contributed by atoms with Gasteiger partial charge in [-0.3, -0.25) is 14.4 Å². The molecule has 1 aromatic carbocycles. The van der Waals surface area contributed by atoms with Gasteiger partial charge in [-0.05, 0) is 51.9 Å². The van der Waals surface area contributed by atoms with Crippen molar-refractivity contribution in [1.82, 2.24) is 15.2 Å². The maximum Gasteiger partial charge on any atom is 0.234 e. The lowest BCUT2D eigenvalue weighted by Gasteiger charge is -2.13. The Balaban J connectivity index is 1.71. The molecule has 2 N–H and O–H groups in total. The van der Waals surface area contributed by atoms with Crippen LogP contribution in [0.5, 0.6) is 0 Å². The molecule has 0 spiro atoms. The minimum Gasteiger partial charge on any atom is -0.441 e. The first kappa shape index (κ1) is 20.3. The molecular formula is C19H26N4O4S. The molecule has 3 rings (SSSR count). The fraction of sp³-hybridized carbons (Fsp3) is 0.474. The molecule has 152 valence electrons. The van der Waals surface area contributed by atoms with Gasteiger partial charge in [-0.2, -0.15) is 0 Å². The van der Waals surface area contributed by atoms with E-state index < -0.39 is 10.0 Å². The summed E-state index contributed by atoms with van der Waals surface area (Å²) in [5.74, 6) is 0.836. The van der Waals surface area contributed by atoms with Gasteiger partial charge in [-0.25, -0.2) is 13.4 Å². The topological polar surface area (TPSA) is 105 Å². The van der Waals surface area contributed by atoms with E-state index in [1.54, 1.807) is 38.1 Å². The molecule has 0 saturated carbocycles. The Labute approximate surface area is 165 Å². The van der Waals surface area contributed by atoms with Crippen molar-refractivity contribution in [3.8, 4) is 11.5 Å². The number of sulfonamides is 1. The van der Waals surface area contributed by atoms with Crippen LogP contribution >= 0.6 is 0 Å². The number of anilines is 1. The number of amides is 1. The lowest BCUT2D eigenvalue weighted by molar-refractivity contribution is -0.122. The molecule has 8 nitrogen and oxygen atoms in total. The lowest BCUT2D eigenvalue weighted by Crippen LogP contribution is -2.35. The predicted molar refractivity (Wildman–Crippen MR) is 107 cm³/mol. The van der Waals surface area contributed by atoms with Gasteiger partial charge in [0, 0.05) is 0 Å². The molecule has 1 amide bonds. The first-order valence-corrected chi connectivity index (χ1v) is 11.1. The molecule has 1 aliphatic rings. The summed E-state index contributed by atoms with van der Waals surface area (Å²) in [5.41, 5.74) is 1.59. The molecular weight excluding hydrogens is 380 g/mol. The molecule has 0 unspecified atom stereocenters. The van der Waals surface area contributed by atoms with Gasteiger partial charge in [0.25, 0.3) is 0 Å². The van der Waals surface area contributed by atoms with E-state index in [2.05, 4.69) is 19.9 Å². The van der Waals surface area contributed by atoms with Gasteiger partial charge in [0.2, 0.25) is 21.8 Å². The zero-order valence-corrected chi connectivity index (χ0v) is 17.0. The van der Waals surface area contributed by atoms with Crippen molar-refractivity contribution in [1.29, 1.82) is 0 Å². The van der Waals surface area contributed by atoms with Crippen LogP contribution in [0.4, 0.5) is 5.69 Å². The Morgan fingerprint density at radius 1 is 1.25 bits per heavy atom. The SMILES string of the molecule is CCS(=O)(=O)Nc1ccccc1-c1nc(CNC(=O)CN2CCCC2)c(C)o1. The number of rotatable bonds is 8. The standard InChI is InChI=1S/C19H26N4O4S/c1-3-28(25,26)22-16-9-5-4-8-15(16)19-21-17(14(2)27-19)12-20-18(24)13-23-10-6-7-11-23/h4-5,8-9,22H,3,6-7,10-13H2,1-2H3,(H,20,24). The van der Waals surface area contributed by atoms with Crippen LogP contribution in [-0.4, -0.2) is 49.6 Å². The average molecular weight is 407 g/mol. The van der Waals surface area contributed by atoms with Crippen LogP contribution in [0.15, 0.2) is 28.7 Å². The number of hydrogen-bond donors (Lipinski definition) is 2. The van der Waals surface area contributed by atoms with E-state index in [-0.39, 0.29) is 18.2 Å². The number of likely N-dealkylation sites (tertiary alicyclic amines) is 1. The minimum absolute atomic E-state index is 0.0275. The van der Waals surface area contributed by atoms with Gasteiger partial charge in [0.15, 0.2) is 0 Å². The van der Waals surface area contributed by atoms with Crippen LogP contribution in [0.2, 0.25) is 0 Å². The Morgan fingerprint density at radius 2 is 1.96 bits per heavy atom. The number of para-hydroxylation sites is 1. The largest absolute Gasteiger partial charge is 0.441 e. The number of carbonyl (C=O) groups is 1. The number of nitrogens with zero attached hydrogens (tertiary/aromatic N) is 2. The third kappa shape index (κ3) is 5.11. The van der Waals surface area contributed by atoms with Gasteiger partial charge in [0.1, 0.15) is 11.5 Å². The molecule has 1 aromatic heterocycles. The fourth-order valence-electron chi connectivity index (χ4n) is 3.09. The number of carbonyl (C=O) groups excluding carboxylic acids is 1. The van der Waals surface area contributed by atoms with E-state index in [0.29, 0.717) is 35.1 Å². The zero-order chi connectivity index (χ0) is 20.1. The normalized spacial score (nSPS) is 14.9. The number of hydrogen-bond acceptors (Lipinski definition) is 6. The second kappa shape index (κ2) is 8.74. The van der Waals surface area contributed by atoms with E-state index >= 15 is 0 Å². The van der Waals surface area contributed by atoms with Crippen molar-refractivity contribution in [2.45, 2.75) is 33.2 Å². The van der Waals surface area contributed by atoms with Crippen LogP contribution < -0.4 is 10.0 Å². The summed E-state index contributed by atoms with van der Waals surface area (Å²) in [6, 6.07) is 6.94. The lowest BCUT2D eigenvalue weighted by atomic mass is 10.2. The summed E-state index contributed by atoms with van der Waals surface area (Å²) in [4.78, 5) is 18.7. The summed E-state index contributed by atoms with van der Waals surface area (Å²) in [7, 11) is -3.42. The smallest absolute Gasteiger partial charge is 0.234 e. The number of aromatic nitrogens is 1. The summed E-state index contributed by atoms with van der Waals surface area (Å²) < 4.78 is 32.2. The summed E-state index contributed by atoms with van der Waals surface area (Å²) in [5, 5.41) is 2.88. The van der Waals surface area contributed by atoms with Crippen molar-refractivity contribution >= 4 is 21.6 Å². The molecule has 0 atom stereocenters. The van der Waals surface area contributed by atoms with Crippen LogP contribution in [0, 0.1) is 6.92 Å². The molecule has 0 aliphatic carbocycles. The van der Waals surface area contributed by atoms with Gasteiger partial charge < -0.3 is 9.73 Å². The Kier molecular flexibility index (Phi) is 6.35. The minimum atomic E-state index is -3.42. The first-order valence-electron chi connectivity index (χ1n) is 9.43. The maximum absolute atomic E-state index is 12.1. The van der Waals surface area contributed by atoms with Gasteiger partial charge >= 0.3 is 0 Å². The summed E-state index contributed by atoms with van der Waals surface area (Å²) in [6.07, 6.45) is 2.28. The molecule has 0 radical (unpaired) electrons.